The molecule has 0 atom stereocenters. The van der Waals surface area contributed by atoms with Crippen molar-refractivity contribution >= 4 is 44.2 Å². The van der Waals surface area contributed by atoms with E-state index in [1.165, 1.54) is 12.3 Å². The van der Waals surface area contributed by atoms with Gasteiger partial charge in [-0.15, -0.1) is 10.2 Å². The van der Waals surface area contributed by atoms with Gasteiger partial charge in [0.05, 0.1) is 29.7 Å². The molecule has 10 heteroatoms. The largest absolute Gasteiger partial charge is 0.492 e. The third kappa shape index (κ3) is 4.88. The highest BCUT2D eigenvalue weighted by atomic mass is 32.2. The van der Waals surface area contributed by atoms with Gasteiger partial charge in [0.25, 0.3) is 10.1 Å². The van der Waals surface area contributed by atoms with Crippen molar-refractivity contribution in [1.29, 1.82) is 0 Å². The first-order valence-corrected chi connectivity index (χ1v) is 12.1. The Bertz CT molecular complexity index is 1570. The van der Waals surface area contributed by atoms with Crippen LogP contribution in [0.4, 0.5) is 17.1 Å². The second kappa shape index (κ2) is 9.61. The average molecular weight is 491 g/mol. The summed E-state index contributed by atoms with van der Waals surface area (Å²) in [6, 6.07) is 14.7. The molecule has 3 N–H and O–H groups in total. The van der Waals surface area contributed by atoms with Crippen LogP contribution >= 0.6 is 0 Å². The number of ether oxygens (including phenoxy) is 1. The van der Waals surface area contributed by atoms with E-state index in [1.54, 1.807) is 42.5 Å². The number of nitrogens with zero attached hydrogens (tertiary/aromatic N) is 3. The number of carbonyl (C=O) groups is 1. The molecule has 0 fully saturated rings. The van der Waals surface area contributed by atoms with Crippen molar-refractivity contribution in [2.24, 2.45) is 10.2 Å². The SMILES string of the molecule is CCOc1c(C=O)cc(C)cc1-c1ccc(/N=N/c2cc(S(=O)(=O)O)c3ccccc3c2N)cn1. The molecule has 0 aliphatic rings. The van der Waals surface area contributed by atoms with Crippen molar-refractivity contribution < 1.29 is 22.5 Å². The normalized spacial score (nSPS) is 11.7. The van der Waals surface area contributed by atoms with E-state index in [2.05, 4.69) is 15.2 Å². The van der Waals surface area contributed by atoms with E-state index in [1.807, 2.05) is 19.9 Å². The average Bonchev–Trinajstić information content (AvgIpc) is 2.84. The second-order valence-electron chi connectivity index (χ2n) is 7.71. The van der Waals surface area contributed by atoms with Crippen LogP contribution in [0.2, 0.25) is 0 Å². The predicted octanol–water partition coefficient (Wildman–Crippen LogP) is 5.67. The minimum Gasteiger partial charge on any atom is -0.492 e. The summed E-state index contributed by atoms with van der Waals surface area (Å²) in [5, 5.41) is 8.95. The fourth-order valence-electron chi connectivity index (χ4n) is 3.75. The molecule has 0 bridgehead atoms. The number of rotatable bonds is 7. The van der Waals surface area contributed by atoms with Gasteiger partial charge in [-0.2, -0.15) is 8.42 Å². The first-order chi connectivity index (χ1) is 16.7. The molecule has 0 radical (unpaired) electrons. The number of aryl methyl sites for hydroxylation is 1. The van der Waals surface area contributed by atoms with Gasteiger partial charge in [-0.3, -0.25) is 14.3 Å². The lowest BCUT2D eigenvalue weighted by molar-refractivity contribution is 0.112. The molecule has 0 spiro atoms. The number of carbonyl (C=O) groups excluding carboxylic acids is 1. The highest BCUT2D eigenvalue weighted by molar-refractivity contribution is 7.86. The van der Waals surface area contributed by atoms with Gasteiger partial charge < -0.3 is 10.5 Å². The number of azo groups is 1. The number of aldehydes is 1. The Morgan fingerprint density at radius 1 is 1.09 bits per heavy atom. The predicted molar refractivity (Wildman–Crippen MR) is 133 cm³/mol. The van der Waals surface area contributed by atoms with Crippen LogP contribution in [0, 0.1) is 6.92 Å². The third-order valence-electron chi connectivity index (χ3n) is 5.28. The fraction of sp³-hybridized carbons (Fsp3) is 0.120. The molecule has 0 aliphatic carbocycles. The number of nitrogens with two attached hydrogens (primary N) is 1. The van der Waals surface area contributed by atoms with E-state index in [9.17, 15) is 17.8 Å². The van der Waals surface area contributed by atoms with Crippen molar-refractivity contribution in [3.63, 3.8) is 0 Å². The molecule has 0 amide bonds. The molecule has 0 saturated heterocycles. The molecule has 4 aromatic rings. The van der Waals surface area contributed by atoms with Gasteiger partial charge in [-0.1, -0.05) is 24.3 Å². The molecule has 9 nitrogen and oxygen atoms in total. The Morgan fingerprint density at radius 3 is 2.46 bits per heavy atom. The summed E-state index contributed by atoms with van der Waals surface area (Å²) in [5.41, 5.74) is 9.48. The van der Waals surface area contributed by atoms with Crippen LogP contribution in [0.3, 0.4) is 0 Å². The third-order valence-corrected chi connectivity index (χ3v) is 6.17. The van der Waals surface area contributed by atoms with E-state index in [4.69, 9.17) is 10.5 Å². The van der Waals surface area contributed by atoms with Gasteiger partial charge >= 0.3 is 0 Å². The zero-order chi connectivity index (χ0) is 25.2. The van der Waals surface area contributed by atoms with E-state index >= 15 is 0 Å². The van der Waals surface area contributed by atoms with Crippen LogP contribution in [-0.4, -0.2) is 30.8 Å². The van der Waals surface area contributed by atoms with Crippen molar-refractivity contribution in [2.45, 2.75) is 18.7 Å². The molecule has 0 aliphatic heterocycles. The van der Waals surface area contributed by atoms with Crippen molar-refractivity contribution in [2.75, 3.05) is 12.3 Å². The number of pyridine rings is 1. The summed E-state index contributed by atoms with van der Waals surface area (Å²) in [6.45, 7) is 4.10. The topological polar surface area (TPSA) is 144 Å². The molecule has 4 rings (SSSR count). The van der Waals surface area contributed by atoms with Crippen LogP contribution in [0.25, 0.3) is 22.0 Å². The molecular formula is C25H22N4O5S. The molecule has 0 saturated carbocycles. The van der Waals surface area contributed by atoms with Gasteiger partial charge in [0.1, 0.15) is 22.0 Å². The van der Waals surface area contributed by atoms with Crippen molar-refractivity contribution in [1.82, 2.24) is 4.98 Å². The molecular weight excluding hydrogens is 468 g/mol. The van der Waals surface area contributed by atoms with E-state index in [0.717, 1.165) is 11.8 Å². The van der Waals surface area contributed by atoms with Crippen LogP contribution in [0.5, 0.6) is 5.75 Å². The highest BCUT2D eigenvalue weighted by Gasteiger charge is 2.18. The lowest BCUT2D eigenvalue weighted by Crippen LogP contribution is -2.01. The van der Waals surface area contributed by atoms with Crippen LogP contribution < -0.4 is 10.5 Å². The molecule has 0 unspecified atom stereocenters. The van der Waals surface area contributed by atoms with Crippen molar-refractivity contribution in [3.05, 3.63) is 71.9 Å². The van der Waals surface area contributed by atoms with Crippen LogP contribution in [0.1, 0.15) is 22.8 Å². The Kier molecular flexibility index (Phi) is 6.59. The first kappa shape index (κ1) is 24.0. The van der Waals surface area contributed by atoms with E-state index in [-0.39, 0.29) is 21.7 Å². The van der Waals surface area contributed by atoms with E-state index in [0.29, 0.717) is 40.3 Å². The summed E-state index contributed by atoms with van der Waals surface area (Å²) in [6.07, 6.45) is 2.23. The second-order valence-corrected chi connectivity index (χ2v) is 9.10. The zero-order valence-corrected chi connectivity index (χ0v) is 19.8. The van der Waals surface area contributed by atoms with Gasteiger partial charge in [0.15, 0.2) is 6.29 Å². The Morgan fingerprint density at radius 2 is 1.83 bits per heavy atom. The summed E-state index contributed by atoms with van der Waals surface area (Å²) in [4.78, 5) is 15.6. The molecule has 1 aromatic heterocycles. The fourth-order valence-corrected chi connectivity index (χ4v) is 4.46. The minimum atomic E-state index is -4.51. The van der Waals surface area contributed by atoms with Gasteiger partial charge in [-0.05, 0) is 49.7 Å². The molecule has 35 heavy (non-hydrogen) atoms. The summed E-state index contributed by atoms with van der Waals surface area (Å²) >= 11 is 0. The Hall–Kier alpha value is -4.15. The number of nitrogen functional groups attached to an aromatic ring is 1. The Balaban J connectivity index is 1.72. The number of benzene rings is 3. The van der Waals surface area contributed by atoms with Crippen molar-refractivity contribution in [3.8, 4) is 17.0 Å². The number of aromatic nitrogens is 1. The zero-order valence-electron chi connectivity index (χ0n) is 19.0. The summed E-state index contributed by atoms with van der Waals surface area (Å²) in [5.74, 6) is 0.455. The number of hydrogen-bond donors (Lipinski definition) is 2. The first-order valence-electron chi connectivity index (χ1n) is 10.6. The van der Waals surface area contributed by atoms with Crippen LogP contribution in [0.15, 0.2) is 75.9 Å². The number of hydrogen-bond acceptors (Lipinski definition) is 8. The smallest absolute Gasteiger partial charge is 0.295 e. The molecule has 3 aromatic carbocycles. The maximum absolute atomic E-state index is 11.9. The Labute approximate surface area is 202 Å². The molecule has 178 valence electrons. The van der Waals surface area contributed by atoms with Gasteiger partial charge in [0, 0.05) is 16.3 Å². The van der Waals surface area contributed by atoms with Crippen LogP contribution in [-0.2, 0) is 10.1 Å². The van der Waals surface area contributed by atoms with Gasteiger partial charge in [0.2, 0.25) is 0 Å². The van der Waals surface area contributed by atoms with Gasteiger partial charge in [-0.25, -0.2) is 0 Å². The lowest BCUT2D eigenvalue weighted by Gasteiger charge is -2.13. The lowest BCUT2D eigenvalue weighted by atomic mass is 10.0. The van der Waals surface area contributed by atoms with E-state index < -0.39 is 10.1 Å². The monoisotopic (exact) mass is 490 g/mol. The number of anilines is 1. The highest BCUT2D eigenvalue weighted by Crippen LogP contribution is 2.37. The number of fused-ring (bicyclic) bond motifs is 1. The summed E-state index contributed by atoms with van der Waals surface area (Å²) < 4.78 is 39.2. The minimum absolute atomic E-state index is 0.0911. The molecule has 1 heterocycles. The quantitative estimate of drug-likeness (QED) is 0.147. The summed E-state index contributed by atoms with van der Waals surface area (Å²) in [7, 11) is -4.51. The maximum Gasteiger partial charge on any atom is 0.295 e. The standard InChI is InChI=1S/C25H22N4O5S/c1-3-34-25-16(14-30)10-15(2)11-20(25)21-9-8-17(13-27-21)28-29-22-12-23(35(31,32)33)18-6-4-5-7-19(18)24(22)26/h4-14H,3,26H2,1-2H3,(H,31,32,33)/b29-28+. The maximum atomic E-state index is 11.9.